The van der Waals surface area contributed by atoms with E-state index in [0.29, 0.717) is 0 Å². The average Bonchev–Trinajstić information content (AvgIpc) is 1.99. The Hall–Kier alpha value is -1.26. The topological polar surface area (TPSA) is 61.8 Å². The number of carbonyl (C=O) groups is 2. The molecule has 0 spiro atoms. The van der Waals surface area contributed by atoms with Gasteiger partial charge >= 0.3 is 12.1 Å². The van der Waals surface area contributed by atoms with Gasteiger partial charge in [0.25, 0.3) is 0 Å². The molecule has 0 aromatic carbocycles. The SMILES string of the molecule is C.C.COC(=O)COC(=O)OC. The first-order chi connectivity index (χ1) is 4.70. The zero-order valence-corrected chi connectivity index (χ0v) is 5.75. The summed E-state index contributed by atoms with van der Waals surface area (Å²) in [5, 5.41) is 0. The van der Waals surface area contributed by atoms with Gasteiger partial charge in [0.05, 0.1) is 14.2 Å². The average molecular weight is 180 g/mol. The summed E-state index contributed by atoms with van der Waals surface area (Å²) >= 11 is 0. The maximum absolute atomic E-state index is 10.3. The quantitative estimate of drug-likeness (QED) is 0.598. The van der Waals surface area contributed by atoms with Crippen molar-refractivity contribution >= 4 is 12.1 Å². The lowest BCUT2D eigenvalue weighted by Crippen LogP contribution is -2.14. The Morgan fingerprint density at radius 1 is 1.08 bits per heavy atom. The molecule has 0 radical (unpaired) electrons. The van der Waals surface area contributed by atoms with Crippen LogP contribution in [0.2, 0.25) is 0 Å². The molecule has 0 aliphatic carbocycles. The molecule has 0 unspecified atom stereocenters. The van der Waals surface area contributed by atoms with Crippen LogP contribution in [0.5, 0.6) is 0 Å². The second-order valence-electron chi connectivity index (χ2n) is 1.32. The molecule has 0 N–H and O–H groups in total. The van der Waals surface area contributed by atoms with Gasteiger partial charge in [0.2, 0.25) is 0 Å². The van der Waals surface area contributed by atoms with Gasteiger partial charge in [-0.2, -0.15) is 0 Å². The van der Waals surface area contributed by atoms with Crippen LogP contribution in [0.1, 0.15) is 14.9 Å². The highest BCUT2D eigenvalue weighted by molar-refractivity contribution is 5.73. The first kappa shape index (κ1) is 17.0. The third-order valence-corrected chi connectivity index (χ3v) is 0.702. The van der Waals surface area contributed by atoms with E-state index >= 15 is 0 Å². The second-order valence-corrected chi connectivity index (χ2v) is 1.32. The minimum absolute atomic E-state index is 0. The summed E-state index contributed by atoms with van der Waals surface area (Å²) in [6, 6.07) is 0. The van der Waals surface area contributed by atoms with Crippen molar-refractivity contribution in [3.63, 3.8) is 0 Å². The number of hydrogen-bond donors (Lipinski definition) is 0. The van der Waals surface area contributed by atoms with Crippen molar-refractivity contribution in [3.05, 3.63) is 0 Å². The lowest BCUT2D eigenvalue weighted by Gasteiger charge is -1.99. The zero-order chi connectivity index (χ0) is 7.98. The molecule has 0 aliphatic heterocycles. The Kier molecular flexibility index (Phi) is 13.8. The number of methoxy groups -OCH3 is 2. The predicted octanol–water partition coefficient (Wildman–Crippen LogP) is 1.21. The van der Waals surface area contributed by atoms with Gasteiger partial charge in [-0.15, -0.1) is 0 Å². The first-order valence-corrected chi connectivity index (χ1v) is 2.48. The lowest BCUT2D eigenvalue weighted by molar-refractivity contribution is -0.144. The third kappa shape index (κ3) is 8.74. The minimum Gasteiger partial charge on any atom is -0.466 e. The smallest absolute Gasteiger partial charge is 0.466 e. The van der Waals surface area contributed by atoms with E-state index in [2.05, 4.69) is 14.2 Å². The summed E-state index contributed by atoms with van der Waals surface area (Å²) in [6.07, 6.45) is -0.898. The Morgan fingerprint density at radius 3 is 1.92 bits per heavy atom. The van der Waals surface area contributed by atoms with Crippen molar-refractivity contribution in [2.75, 3.05) is 20.8 Å². The molecule has 0 aromatic rings. The van der Waals surface area contributed by atoms with Crippen molar-refractivity contribution in [2.45, 2.75) is 14.9 Å². The highest BCUT2D eigenvalue weighted by Crippen LogP contribution is 1.82. The van der Waals surface area contributed by atoms with Gasteiger partial charge in [0.1, 0.15) is 0 Å². The molecule has 0 bridgehead atoms. The van der Waals surface area contributed by atoms with Crippen molar-refractivity contribution < 1.29 is 23.8 Å². The maximum atomic E-state index is 10.3. The van der Waals surface area contributed by atoms with Crippen molar-refractivity contribution in [3.8, 4) is 0 Å². The Bertz CT molecular complexity index is 116. The van der Waals surface area contributed by atoms with E-state index in [1.54, 1.807) is 0 Å². The minimum atomic E-state index is -0.898. The fraction of sp³-hybridized carbons (Fsp3) is 0.714. The van der Waals surface area contributed by atoms with E-state index in [9.17, 15) is 9.59 Å². The van der Waals surface area contributed by atoms with E-state index in [-0.39, 0.29) is 14.9 Å². The molecule has 0 aromatic heterocycles. The van der Waals surface area contributed by atoms with Crippen LogP contribution < -0.4 is 0 Å². The van der Waals surface area contributed by atoms with E-state index in [1.165, 1.54) is 7.11 Å². The predicted molar refractivity (Wildman–Crippen MR) is 43.8 cm³/mol. The monoisotopic (exact) mass is 180 g/mol. The molecule has 0 aliphatic rings. The molecule has 0 saturated carbocycles. The van der Waals surface area contributed by atoms with Crippen LogP contribution in [-0.2, 0) is 19.0 Å². The number of rotatable bonds is 2. The summed E-state index contributed by atoms with van der Waals surface area (Å²) in [6.45, 7) is -0.414. The Balaban J connectivity index is -0.000000405. The molecule has 0 rings (SSSR count). The lowest BCUT2D eigenvalue weighted by atomic mass is 10.7. The molecular weight excluding hydrogens is 164 g/mol. The van der Waals surface area contributed by atoms with Gasteiger partial charge in [-0.1, -0.05) is 14.9 Å². The van der Waals surface area contributed by atoms with E-state index < -0.39 is 18.7 Å². The van der Waals surface area contributed by atoms with Crippen molar-refractivity contribution in [1.82, 2.24) is 0 Å². The molecule has 74 valence electrons. The van der Waals surface area contributed by atoms with Gasteiger partial charge in [0, 0.05) is 0 Å². The molecule has 0 atom stereocenters. The van der Waals surface area contributed by atoms with Gasteiger partial charge < -0.3 is 14.2 Å². The summed E-state index contributed by atoms with van der Waals surface area (Å²) in [5.41, 5.74) is 0. The van der Waals surface area contributed by atoms with Crippen LogP contribution in [0.25, 0.3) is 0 Å². The van der Waals surface area contributed by atoms with Crippen LogP contribution in [-0.4, -0.2) is 33.0 Å². The van der Waals surface area contributed by atoms with Crippen LogP contribution in [0.4, 0.5) is 4.79 Å². The van der Waals surface area contributed by atoms with Crippen molar-refractivity contribution in [2.24, 2.45) is 0 Å². The zero-order valence-electron chi connectivity index (χ0n) is 5.75. The normalized spacial score (nSPS) is 6.83. The van der Waals surface area contributed by atoms with E-state index in [0.717, 1.165) is 7.11 Å². The first-order valence-electron chi connectivity index (χ1n) is 2.48. The Morgan fingerprint density at radius 2 is 1.58 bits per heavy atom. The number of esters is 1. The van der Waals surface area contributed by atoms with Gasteiger partial charge in [-0.3, -0.25) is 0 Å². The molecule has 12 heavy (non-hydrogen) atoms. The van der Waals surface area contributed by atoms with E-state index in [1.807, 2.05) is 0 Å². The molecule has 0 saturated heterocycles. The van der Waals surface area contributed by atoms with E-state index in [4.69, 9.17) is 0 Å². The van der Waals surface area contributed by atoms with Crippen LogP contribution >= 0.6 is 0 Å². The maximum Gasteiger partial charge on any atom is 0.508 e. The highest BCUT2D eigenvalue weighted by Gasteiger charge is 2.04. The summed E-state index contributed by atoms with van der Waals surface area (Å²) in [7, 11) is 2.35. The Labute approximate surface area is 72.6 Å². The summed E-state index contributed by atoms with van der Waals surface area (Å²) in [4.78, 5) is 20.5. The molecule has 5 nitrogen and oxygen atoms in total. The molecular formula is C7H16O5. The summed E-state index contributed by atoms with van der Waals surface area (Å²) in [5.74, 6) is -0.620. The molecule has 0 fully saturated rings. The van der Waals surface area contributed by atoms with Crippen LogP contribution in [0, 0.1) is 0 Å². The van der Waals surface area contributed by atoms with Crippen LogP contribution in [0.3, 0.4) is 0 Å². The molecule has 0 amide bonds. The van der Waals surface area contributed by atoms with Gasteiger partial charge in [-0.25, -0.2) is 9.59 Å². The van der Waals surface area contributed by atoms with Gasteiger partial charge in [-0.05, 0) is 0 Å². The van der Waals surface area contributed by atoms with Gasteiger partial charge in [0.15, 0.2) is 6.61 Å². The second kappa shape index (κ2) is 9.74. The highest BCUT2D eigenvalue weighted by atomic mass is 16.7. The number of ether oxygens (including phenoxy) is 3. The number of carbonyl (C=O) groups excluding carboxylic acids is 2. The number of hydrogen-bond acceptors (Lipinski definition) is 5. The third-order valence-electron chi connectivity index (χ3n) is 0.702. The fourth-order valence-corrected chi connectivity index (χ4v) is 0.236. The molecule has 5 heteroatoms. The largest absolute Gasteiger partial charge is 0.508 e. The fourth-order valence-electron chi connectivity index (χ4n) is 0.236. The standard InChI is InChI=1S/C5H8O5.2CH4/c1-8-4(6)3-10-5(7)9-2;;/h3H2,1-2H3;2*1H4. The molecule has 0 heterocycles. The van der Waals surface area contributed by atoms with Crippen molar-refractivity contribution in [1.29, 1.82) is 0 Å². The summed E-state index contributed by atoms with van der Waals surface area (Å²) < 4.78 is 12.5. The van der Waals surface area contributed by atoms with Crippen LogP contribution in [0.15, 0.2) is 0 Å².